The molecule has 3 aliphatic rings. The molecule has 2 aliphatic carbocycles. The first-order valence-electron chi connectivity index (χ1n) is 9.99. The molecule has 3 heterocycles. The zero-order valence-electron chi connectivity index (χ0n) is 15.2. The van der Waals surface area contributed by atoms with Gasteiger partial charge in [-0.15, -0.1) is 0 Å². The van der Waals surface area contributed by atoms with E-state index in [4.69, 9.17) is 5.10 Å². The third-order valence-electron chi connectivity index (χ3n) is 6.16. The molecule has 0 aromatic carbocycles. The van der Waals surface area contributed by atoms with Crippen molar-refractivity contribution in [1.29, 1.82) is 0 Å². The first-order chi connectivity index (χ1) is 12.8. The van der Waals surface area contributed by atoms with Crippen LogP contribution in [0.25, 0.3) is 0 Å². The van der Waals surface area contributed by atoms with Crippen molar-refractivity contribution < 1.29 is 0 Å². The number of fused-ring (bicyclic) bond motifs is 2. The maximum Gasteiger partial charge on any atom is 0.267 e. The number of hydrogen-bond acceptors (Lipinski definition) is 5. The molecule has 1 saturated heterocycles. The molecule has 136 valence electrons. The molecule has 2 aromatic heterocycles. The minimum atomic E-state index is 0.0467. The number of aryl methyl sites for hydroxylation is 3. The van der Waals surface area contributed by atoms with Gasteiger partial charge in [-0.25, -0.2) is 14.6 Å². The Hall–Kier alpha value is -2.24. The lowest BCUT2D eigenvalue weighted by Crippen LogP contribution is -2.38. The summed E-state index contributed by atoms with van der Waals surface area (Å²) < 4.78 is 1.70. The van der Waals surface area contributed by atoms with Crippen LogP contribution in [0.4, 0.5) is 5.82 Å². The molecular weight excluding hydrogens is 326 g/mol. The molecule has 0 N–H and O–H groups in total. The van der Waals surface area contributed by atoms with Crippen molar-refractivity contribution in [2.75, 3.05) is 11.4 Å². The molecule has 5 rings (SSSR count). The first-order valence-corrected chi connectivity index (χ1v) is 9.99. The molecule has 1 unspecified atom stereocenters. The number of hydrogen-bond donors (Lipinski definition) is 0. The van der Waals surface area contributed by atoms with Gasteiger partial charge in [-0.3, -0.25) is 4.79 Å². The standard InChI is InChI=1S/C20H25N5O/c26-19-11-14-5-1-2-8-17(14)23-25(19)12-15-6-4-10-24(15)20-16-7-3-9-18(16)21-13-22-20/h11,13,15H,1-10,12H2. The molecule has 6 heteroatoms. The summed E-state index contributed by atoms with van der Waals surface area (Å²) in [5.74, 6) is 1.10. The number of rotatable bonds is 3. The van der Waals surface area contributed by atoms with E-state index in [-0.39, 0.29) is 5.56 Å². The zero-order valence-corrected chi connectivity index (χ0v) is 15.2. The Morgan fingerprint density at radius 1 is 1.00 bits per heavy atom. The Labute approximate surface area is 153 Å². The molecule has 0 saturated carbocycles. The fraction of sp³-hybridized carbons (Fsp3) is 0.600. The topological polar surface area (TPSA) is 63.9 Å². The molecule has 1 atom stereocenters. The van der Waals surface area contributed by atoms with Crippen molar-refractivity contribution in [2.45, 2.75) is 70.4 Å². The second-order valence-electron chi connectivity index (χ2n) is 7.81. The van der Waals surface area contributed by atoms with Gasteiger partial charge in [-0.1, -0.05) is 0 Å². The number of anilines is 1. The smallest absolute Gasteiger partial charge is 0.267 e. The molecule has 0 bridgehead atoms. The molecule has 0 spiro atoms. The van der Waals surface area contributed by atoms with Crippen LogP contribution in [0, 0.1) is 0 Å². The largest absolute Gasteiger partial charge is 0.351 e. The molecular formula is C20H25N5O. The fourth-order valence-corrected chi connectivity index (χ4v) is 4.83. The van der Waals surface area contributed by atoms with Crippen molar-refractivity contribution in [3.63, 3.8) is 0 Å². The van der Waals surface area contributed by atoms with E-state index in [1.54, 1.807) is 11.0 Å². The van der Waals surface area contributed by atoms with Gasteiger partial charge in [0.25, 0.3) is 5.56 Å². The lowest BCUT2D eigenvalue weighted by atomic mass is 9.97. The van der Waals surface area contributed by atoms with E-state index in [1.807, 2.05) is 6.07 Å². The summed E-state index contributed by atoms with van der Waals surface area (Å²) in [6, 6.07) is 2.12. The van der Waals surface area contributed by atoms with Crippen molar-refractivity contribution in [3.05, 3.63) is 45.3 Å². The van der Waals surface area contributed by atoms with Gasteiger partial charge in [0.15, 0.2) is 0 Å². The van der Waals surface area contributed by atoms with Crippen LogP contribution in [0.2, 0.25) is 0 Å². The maximum absolute atomic E-state index is 12.6. The molecule has 0 amide bonds. The van der Waals surface area contributed by atoms with E-state index in [0.717, 1.165) is 62.1 Å². The summed E-state index contributed by atoms with van der Waals surface area (Å²) in [4.78, 5) is 24.0. The molecule has 0 radical (unpaired) electrons. The number of aromatic nitrogens is 4. The second-order valence-corrected chi connectivity index (χ2v) is 7.81. The van der Waals surface area contributed by atoms with E-state index >= 15 is 0 Å². The van der Waals surface area contributed by atoms with Crippen LogP contribution in [0.15, 0.2) is 17.2 Å². The van der Waals surface area contributed by atoms with E-state index in [0.29, 0.717) is 12.6 Å². The summed E-state index contributed by atoms with van der Waals surface area (Å²) >= 11 is 0. The summed E-state index contributed by atoms with van der Waals surface area (Å²) in [7, 11) is 0. The van der Waals surface area contributed by atoms with E-state index in [2.05, 4.69) is 14.9 Å². The predicted molar refractivity (Wildman–Crippen MR) is 99.6 cm³/mol. The van der Waals surface area contributed by atoms with Crippen LogP contribution >= 0.6 is 0 Å². The third-order valence-corrected chi connectivity index (χ3v) is 6.16. The highest BCUT2D eigenvalue weighted by Crippen LogP contribution is 2.32. The van der Waals surface area contributed by atoms with Crippen molar-refractivity contribution in [3.8, 4) is 0 Å². The summed E-state index contributed by atoms with van der Waals surface area (Å²) in [6.45, 7) is 1.67. The zero-order chi connectivity index (χ0) is 17.5. The van der Waals surface area contributed by atoms with Gasteiger partial charge in [0.2, 0.25) is 0 Å². The highest BCUT2D eigenvalue weighted by molar-refractivity contribution is 5.52. The lowest BCUT2D eigenvalue weighted by molar-refractivity contribution is 0.471. The predicted octanol–water partition coefficient (Wildman–Crippen LogP) is 2.07. The van der Waals surface area contributed by atoms with Crippen molar-refractivity contribution >= 4 is 5.82 Å². The summed E-state index contributed by atoms with van der Waals surface area (Å²) in [5, 5.41) is 4.72. The van der Waals surface area contributed by atoms with Crippen LogP contribution in [0.5, 0.6) is 0 Å². The summed E-state index contributed by atoms with van der Waals surface area (Å²) in [5.41, 5.74) is 4.87. The second kappa shape index (κ2) is 6.49. The Morgan fingerprint density at radius 3 is 2.85 bits per heavy atom. The molecule has 1 fully saturated rings. The highest BCUT2D eigenvalue weighted by atomic mass is 16.1. The van der Waals surface area contributed by atoms with Crippen LogP contribution < -0.4 is 10.5 Å². The highest BCUT2D eigenvalue weighted by Gasteiger charge is 2.30. The van der Waals surface area contributed by atoms with E-state index in [9.17, 15) is 4.79 Å². The Bertz CT molecular complexity index is 890. The first kappa shape index (κ1) is 16.0. The van der Waals surface area contributed by atoms with E-state index in [1.165, 1.54) is 30.5 Å². The summed E-state index contributed by atoms with van der Waals surface area (Å²) in [6.07, 6.45) is 11.6. The SMILES string of the molecule is O=c1cc2c(nn1CC1CCCN1c1ncnc3c1CCC3)CCCC2. The molecule has 26 heavy (non-hydrogen) atoms. The van der Waals surface area contributed by atoms with Crippen LogP contribution in [0.3, 0.4) is 0 Å². The quantitative estimate of drug-likeness (QED) is 0.847. The van der Waals surface area contributed by atoms with Crippen LogP contribution in [0.1, 0.15) is 54.6 Å². The molecule has 2 aromatic rings. The van der Waals surface area contributed by atoms with Gasteiger partial charge >= 0.3 is 0 Å². The van der Waals surface area contributed by atoms with Gasteiger partial charge in [-0.2, -0.15) is 5.10 Å². The maximum atomic E-state index is 12.6. The Balaban J connectivity index is 1.44. The van der Waals surface area contributed by atoms with Gasteiger partial charge in [-0.05, 0) is 63.4 Å². The molecule has 6 nitrogen and oxygen atoms in total. The van der Waals surface area contributed by atoms with E-state index < -0.39 is 0 Å². The number of nitrogens with zero attached hydrogens (tertiary/aromatic N) is 5. The minimum Gasteiger partial charge on any atom is -0.351 e. The minimum absolute atomic E-state index is 0.0467. The Morgan fingerprint density at radius 2 is 1.88 bits per heavy atom. The van der Waals surface area contributed by atoms with Gasteiger partial charge in [0, 0.05) is 23.9 Å². The van der Waals surface area contributed by atoms with Crippen LogP contribution in [-0.2, 0) is 32.2 Å². The fourth-order valence-electron chi connectivity index (χ4n) is 4.83. The van der Waals surface area contributed by atoms with Crippen molar-refractivity contribution in [1.82, 2.24) is 19.7 Å². The Kier molecular flexibility index (Phi) is 3.98. The van der Waals surface area contributed by atoms with Gasteiger partial charge in [0.1, 0.15) is 12.1 Å². The molecule has 1 aliphatic heterocycles. The third kappa shape index (κ3) is 2.72. The van der Waals surface area contributed by atoms with Gasteiger partial charge in [0.05, 0.1) is 18.3 Å². The van der Waals surface area contributed by atoms with Crippen molar-refractivity contribution in [2.24, 2.45) is 0 Å². The average molecular weight is 351 g/mol. The van der Waals surface area contributed by atoms with Gasteiger partial charge < -0.3 is 4.90 Å². The normalized spacial score (nSPS) is 21.7. The van der Waals surface area contributed by atoms with Crippen LogP contribution in [-0.4, -0.2) is 32.3 Å². The monoisotopic (exact) mass is 351 g/mol. The average Bonchev–Trinajstić information content (AvgIpc) is 3.31. The lowest BCUT2D eigenvalue weighted by Gasteiger charge is -2.28.